The minimum absolute atomic E-state index is 0.0139. The summed E-state index contributed by atoms with van der Waals surface area (Å²) in [6.45, 7) is 11.5. The van der Waals surface area contributed by atoms with E-state index in [0.29, 0.717) is 36.0 Å². The van der Waals surface area contributed by atoms with Crippen molar-refractivity contribution in [1.29, 1.82) is 5.26 Å². The number of hydrogen-bond acceptors (Lipinski definition) is 3. The highest BCUT2D eigenvalue weighted by Crippen LogP contribution is 2.84. The van der Waals surface area contributed by atoms with Crippen LogP contribution < -0.4 is 0 Å². The molecule has 7 aliphatic rings. The minimum Gasteiger partial charge on any atom is -0.295 e. The molecule has 0 aliphatic heterocycles. The van der Waals surface area contributed by atoms with Gasteiger partial charge in [-0.3, -0.25) is 9.59 Å². The van der Waals surface area contributed by atoms with Crippen molar-refractivity contribution in [3.63, 3.8) is 0 Å². The first-order chi connectivity index (χ1) is 18.7. The first-order valence-corrected chi connectivity index (χ1v) is 16.0. The normalized spacial score (nSPS) is 50.2. The third-order valence-electron chi connectivity index (χ3n) is 14.3. The third-order valence-corrected chi connectivity index (χ3v) is 14.3. The molecule has 7 aliphatic carbocycles. The Morgan fingerprint density at radius 2 is 1.80 bits per heavy atom. The number of Topliss-reactive ketones (excluding diaryl/α,β-unsaturated/α-hetero) is 1. The Morgan fingerprint density at radius 3 is 2.50 bits per heavy atom. The van der Waals surface area contributed by atoms with Crippen LogP contribution in [0.2, 0.25) is 0 Å². The summed E-state index contributed by atoms with van der Waals surface area (Å²) in [6.07, 6.45) is 17.2. The standard InChI is InChI=1S/C36H46FNO2/c1-31(2)12-14-35(10-8-22-6-7-24(37)16-22)11-9-25-29(26(35)19-31)27(39)17-28-32(25,3)13-15-36-21-34(36,5)30(40)23(20-38)18-33(28,36)4/h6,17-18,24-26,29H,7-16,19,21H2,1-5H3/t24?,25?,26-,29-,32-,33+,34?,35-,36?/m0/s1. The number of rotatable bonds is 3. The minimum atomic E-state index is -0.706. The van der Waals surface area contributed by atoms with Gasteiger partial charge < -0.3 is 0 Å². The number of nitrogens with zero attached hydrogens (tertiary/aromatic N) is 1. The molecule has 4 fully saturated rings. The van der Waals surface area contributed by atoms with Gasteiger partial charge in [0.05, 0.1) is 5.57 Å². The number of ketones is 2. The van der Waals surface area contributed by atoms with Gasteiger partial charge in [0, 0.05) is 16.7 Å². The molecule has 214 valence electrons. The van der Waals surface area contributed by atoms with E-state index in [-0.39, 0.29) is 33.4 Å². The van der Waals surface area contributed by atoms with Gasteiger partial charge in [-0.2, -0.15) is 5.26 Å². The van der Waals surface area contributed by atoms with E-state index in [2.05, 4.69) is 46.8 Å². The molecule has 0 aromatic rings. The molecule has 4 saturated carbocycles. The van der Waals surface area contributed by atoms with Crippen molar-refractivity contribution in [2.75, 3.05) is 0 Å². The number of alkyl halides is 1. The molecule has 0 amide bonds. The molecule has 0 N–H and O–H groups in total. The first-order valence-electron chi connectivity index (χ1n) is 16.0. The van der Waals surface area contributed by atoms with Gasteiger partial charge in [-0.05, 0) is 117 Å². The Morgan fingerprint density at radius 1 is 1.02 bits per heavy atom. The van der Waals surface area contributed by atoms with E-state index >= 15 is 0 Å². The van der Waals surface area contributed by atoms with Gasteiger partial charge in [0.15, 0.2) is 11.6 Å². The maximum Gasteiger partial charge on any atom is 0.179 e. The van der Waals surface area contributed by atoms with Gasteiger partial charge in [0.25, 0.3) is 0 Å². The van der Waals surface area contributed by atoms with Crippen molar-refractivity contribution in [1.82, 2.24) is 0 Å². The van der Waals surface area contributed by atoms with Crippen LogP contribution in [0.25, 0.3) is 0 Å². The Kier molecular flexibility index (Phi) is 5.42. The maximum absolute atomic E-state index is 14.5. The fraction of sp³-hybridized carbons (Fsp3) is 0.750. The van der Waals surface area contributed by atoms with Gasteiger partial charge in [0.1, 0.15) is 12.2 Å². The van der Waals surface area contributed by atoms with Crippen LogP contribution in [0.5, 0.6) is 0 Å². The van der Waals surface area contributed by atoms with Gasteiger partial charge in [0.2, 0.25) is 0 Å². The number of carbonyl (C=O) groups is 2. The van der Waals surface area contributed by atoms with Crippen LogP contribution in [0.4, 0.5) is 4.39 Å². The molecule has 0 radical (unpaired) electrons. The number of halogens is 1. The zero-order valence-electron chi connectivity index (χ0n) is 25.2. The van der Waals surface area contributed by atoms with Crippen LogP contribution in [-0.2, 0) is 9.59 Å². The zero-order valence-corrected chi connectivity index (χ0v) is 25.2. The van der Waals surface area contributed by atoms with Gasteiger partial charge in [-0.15, -0.1) is 0 Å². The summed E-state index contributed by atoms with van der Waals surface area (Å²) >= 11 is 0. The largest absolute Gasteiger partial charge is 0.295 e. The van der Waals surface area contributed by atoms with E-state index < -0.39 is 17.0 Å². The predicted molar refractivity (Wildman–Crippen MR) is 154 cm³/mol. The van der Waals surface area contributed by atoms with Crippen LogP contribution >= 0.6 is 0 Å². The van der Waals surface area contributed by atoms with Crippen molar-refractivity contribution in [3.05, 3.63) is 34.9 Å². The van der Waals surface area contributed by atoms with Crippen LogP contribution in [0, 0.1) is 61.6 Å². The second-order valence-electron chi connectivity index (χ2n) is 16.6. The SMILES string of the molecule is CC1(C)CC[C@]2(CCC3=CCC(F)C3)CCC3[C@H](C(=O)C=C4[C@@]3(C)CCC35CC3(C)C(=O)C(C#N)=C[C@]45C)[C@@H]2C1. The van der Waals surface area contributed by atoms with Crippen molar-refractivity contribution in [2.45, 2.75) is 118 Å². The number of carbonyl (C=O) groups excluding carboxylic acids is 2. The first kappa shape index (κ1) is 26.9. The lowest BCUT2D eigenvalue weighted by Crippen LogP contribution is -2.59. The second-order valence-corrected chi connectivity index (χ2v) is 16.6. The van der Waals surface area contributed by atoms with Gasteiger partial charge in [-0.25, -0.2) is 4.39 Å². The molecule has 4 heteroatoms. The topological polar surface area (TPSA) is 57.9 Å². The molecule has 0 aromatic heterocycles. The zero-order chi connectivity index (χ0) is 28.5. The molecule has 1 spiro atoms. The average molecular weight is 544 g/mol. The van der Waals surface area contributed by atoms with Crippen LogP contribution in [-0.4, -0.2) is 17.7 Å². The van der Waals surface area contributed by atoms with E-state index in [1.54, 1.807) is 0 Å². The molecule has 0 bridgehead atoms. The summed E-state index contributed by atoms with van der Waals surface area (Å²) in [6, 6.07) is 2.23. The number of hydrogen-bond donors (Lipinski definition) is 0. The van der Waals surface area contributed by atoms with Crippen molar-refractivity contribution >= 4 is 11.6 Å². The average Bonchev–Trinajstić information content (AvgIpc) is 3.35. The Bertz CT molecular complexity index is 1350. The summed E-state index contributed by atoms with van der Waals surface area (Å²) in [5.74, 6) is 1.04. The van der Waals surface area contributed by atoms with E-state index in [1.165, 1.54) is 24.0 Å². The third kappa shape index (κ3) is 3.22. The maximum atomic E-state index is 14.5. The lowest BCUT2D eigenvalue weighted by Gasteiger charge is -2.65. The summed E-state index contributed by atoms with van der Waals surface area (Å²) in [4.78, 5) is 27.7. The van der Waals surface area contributed by atoms with Crippen LogP contribution in [0.15, 0.2) is 34.9 Å². The number of allylic oxidation sites excluding steroid dienone is 6. The number of nitriles is 1. The fourth-order valence-electron chi connectivity index (χ4n) is 11.9. The Hall–Kier alpha value is -2.02. The van der Waals surface area contributed by atoms with Crippen molar-refractivity contribution in [3.8, 4) is 6.07 Å². The second kappa shape index (κ2) is 8.08. The molecular weight excluding hydrogens is 497 g/mol. The highest BCUT2D eigenvalue weighted by molar-refractivity contribution is 6.07. The fourth-order valence-corrected chi connectivity index (χ4v) is 11.9. The van der Waals surface area contributed by atoms with E-state index in [0.717, 1.165) is 51.4 Å². The summed E-state index contributed by atoms with van der Waals surface area (Å²) in [5, 5.41) is 9.91. The molecular formula is C36H46FNO2. The molecule has 0 saturated heterocycles. The van der Waals surface area contributed by atoms with Gasteiger partial charge in [-0.1, -0.05) is 57.9 Å². The van der Waals surface area contributed by atoms with Crippen molar-refractivity contribution in [2.24, 2.45) is 50.2 Å². The van der Waals surface area contributed by atoms with Crippen LogP contribution in [0.3, 0.4) is 0 Å². The van der Waals surface area contributed by atoms with Crippen LogP contribution in [0.1, 0.15) is 112 Å². The smallest absolute Gasteiger partial charge is 0.179 e. The summed E-state index contributed by atoms with van der Waals surface area (Å²) in [7, 11) is 0. The molecule has 40 heavy (non-hydrogen) atoms. The quantitative estimate of drug-likeness (QED) is 0.336. The highest BCUT2D eigenvalue weighted by Gasteiger charge is 2.80. The lowest BCUT2D eigenvalue weighted by atomic mass is 9.38. The lowest BCUT2D eigenvalue weighted by molar-refractivity contribution is -0.147. The molecule has 7 rings (SSSR count). The molecule has 0 heterocycles. The summed E-state index contributed by atoms with van der Waals surface area (Å²) < 4.78 is 14.0. The molecule has 0 aromatic carbocycles. The van der Waals surface area contributed by atoms with E-state index in [9.17, 15) is 19.2 Å². The molecule has 3 nitrogen and oxygen atoms in total. The van der Waals surface area contributed by atoms with Gasteiger partial charge >= 0.3 is 0 Å². The predicted octanol–water partition coefficient (Wildman–Crippen LogP) is 8.41. The van der Waals surface area contributed by atoms with Crippen molar-refractivity contribution < 1.29 is 14.0 Å². The Balaban J connectivity index is 1.29. The molecule has 9 atom stereocenters. The van der Waals surface area contributed by atoms with E-state index in [4.69, 9.17) is 0 Å². The highest BCUT2D eigenvalue weighted by atomic mass is 19.1. The Labute approximate surface area is 239 Å². The van der Waals surface area contributed by atoms with E-state index in [1.807, 2.05) is 12.2 Å². The molecule has 4 unspecified atom stereocenters. The monoisotopic (exact) mass is 543 g/mol. The number of fused-ring (bicyclic) bond motifs is 6. The summed E-state index contributed by atoms with van der Waals surface area (Å²) in [5.41, 5.74) is 2.04.